The maximum Gasteiger partial charge on any atom is 0.183 e. The number of ketones is 1. The summed E-state index contributed by atoms with van der Waals surface area (Å²) in [4.78, 5) is 18.4. The van der Waals surface area contributed by atoms with Crippen LogP contribution in [-0.2, 0) is 6.42 Å². The van der Waals surface area contributed by atoms with Crippen molar-refractivity contribution in [3.8, 4) is 0 Å². The van der Waals surface area contributed by atoms with Crippen LogP contribution < -0.4 is 0 Å². The summed E-state index contributed by atoms with van der Waals surface area (Å²) in [7, 11) is 0. The Hall–Kier alpha value is -2.46. The molecule has 2 aromatic carbocycles. The number of aromatic amines is 1. The smallest absolute Gasteiger partial charge is 0.183 e. The van der Waals surface area contributed by atoms with Gasteiger partial charge < -0.3 is 9.88 Å². The third-order valence-corrected chi connectivity index (χ3v) is 5.93. The molecule has 0 radical (unpaired) electrons. The largest absolute Gasteiger partial charge is 0.352 e. The zero-order valence-corrected chi connectivity index (χ0v) is 16.5. The molecule has 0 saturated carbocycles. The second-order valence-corrected chi connectivity index (χ2v) is 8.16. The van der Waals surface area contributed by atoms with Crippen molar-refractivity contribution in [2.75, 3.05) is 13.1 Å². The van der Waals surface area contributed by atoms with Gasteiger partial charge in [-0.2, -0.15) is 0 Å². The molecule has 0 unspecified atom stereocenters. The summed E-state index contributed by atoms with van der Waals surface area (Å²) in [5.41, 5.74) is 3.62. The van der Waals surface area contributed by atoms with Gasteiger partial charge in [0.25, 0.3) is 0 Å². The van der Waals surface area contributed by atoms with Gasteiger partial charge >= 0.3 is 0 Å². The minimum absolute atomic E-state index is 0.0198. The molecule has 0 atom stereocenters. The molecule has 4 heteroatoms. The first-order valence-corrected chi connectivity index (χ1v) is 10.1. The summed E-state index contributed by atoms with van der Waals surface area (Å²) in [6, 6.07) is 15.3. The average Bonchev–Trinajstić information content (AvgIpc) is 3.11. The lowest BCUT2D eigenvalue weighted by atomic mass is 9.88. The molecule has 2 heterocycles. The van der Waals surface area contributed by atoms with Crippen LogP contribution in [-0.4, -0.2) is 34.8 Å². The number of H-pyrrole nitrogens is 1. The van der Waals surface area contributed by atoms with E-state index in [9.17, 15) is 9.18 Å². The van der Waals surface area contributed by atoms with E-state index in [4.69, 9.17) is 0 Å². The van der Waals surface area contributed by atoms with E-state index in [1.54, 1.807) is 12.1 Å². The molecule has 0 aliphatic carbocycles. The van der Waals surface area contributed by atoms with Gasteiger partial charge in [0.2, 0.25) is 0 Å². The molecule has 3 nitrogen and oxygen atoms in total. The number of rotatable bonds is 5. The van der Waals surface area contributed by atoms with Crippen LogP contribution in [0.1, 0.15) is 54.2 Å². The highest BCUT2D eigenvalue weighted by Gasteiger charge is 2.22. The van der Waals surface area contributed by atoms with Crippen molar-refractivity contribution >= 4 is 16.7 Å². The Morgan fingerprint density at radius 1 is 1.14 bits per heavy atom. The normalized spacial score (nSPS) is 16.1. The van der Waals surface area contributed by atoms with Gasteiger partial charge in [0.15, 0.2) is 5.78 Å². The van der Waals surface area contributed by atoms with Crippen LogP contribution in [0.3, 0.4) is 0 Å². The number of fused-ring (bicyclic) bond motifs is 1. The van der Waals surface area contributed by atoms with Crippen molar-refractivity contribution in [2.45, 2.75) is 45.1 Å². The summed E-state index contributed by atoms with van der Waals surface area (Å²) in [6.45, 7) is 6.80. The molecule has 1 aliphatic rings. The van der Waals surface area contributed by atoms with Crippen LogP contribution in [0.2, 0.25) is 0 Å². The molecule has 0 spiro atoms. The first-order valence-electron chi connectivity index (χ1n) is 10.1. The number of nitrogens with one attached hydrogen (secondary N) is 1. The molecule has 1 saturated heterocycles. The number of carbonyl (C=O) groups excluding carboxylic acids is 1. The van der Waals surface area contributed by atoms with E-state index in [0.717, 1.165) is 24.0 Å². The topological polar surface area (TPSA) is 36.1 Å². The van der Waals surface area contributed by atoms with E-state index < -0.39 is 0 Å². The number of hydrogen-bond acceptors (Lipinski definition) is 2. The third-order valence-electron chi connectivity index (χ3n) is 5.93. The fourth-order valence-electron chi connectivity index (χ4n) is 4.23. The lowest BCUT2D eigenvalue weighted by molar-refractivity contribution is 0.0989. The highest BCUT2D eigenvalue weighted by Crippen LogP contribution is 2.31. The molecule has 3 aromatic rings. The number of piperidine rings is 1. The van der Waals surface area contributed by atoms with Crippen LogP contribution in [0.5, 0.6) is 0 Å². The second-order valence-electron chi connectivity index (χ2n) is 8.16. The third kappa shape index (κ3) is 4.02. The maximum absolute atomic E-state index is 13.4. The molecule has 28 heavy (non-hydrogen) atoms. The zero-order valence-electron chi connectivity index (χ0n) is 16.5. The summed E-state index contributed by atoms with van der Waals surface area (Å²) in [6.07, 6.45) is 2.56. The highest BCUT2D eigenvalue weighted by molar-refractivity contribution is 6.00. The quantitative estimate of drug-likeness (QED) is 0.610. The predicted octanol–water partition coefficient (Wildman–Crippen LogP) is 5.32. The van der Waals surface area contributed by atoms with E-state index in [1.807, 2.05) is 6.07 Å². The Bertz CT molecular complexity index is 983. The Kier molecular flexibility index (Phi) is 5.31. The second kappa shape index (κ2) is 7.88. The minimum Gasteiger partial charge on any atom is -0.352 e. The minimum atomic E-state index is -0.310. The van der Waals surface area contributed by atoms with Crippen molar-refractivity contribution in [2.24, 2.45) is 0 Å². The molecular weight excluding hydrogens is 351 g/mol. The molecule has 0 amide bonds. The highest BCUT2D eigenvalue weighted by atomic mass is 19.1. The van der Waals surface area contributed by atoms with Gasteiger partial charge in [-0.3, -0.25) is 4.79 Å². The Balaban J connectivity index is 1.49. The van der Waals surface area contributed by atoms with Crippen molar-refractivity contribution in [1.82, 2.24) is 9.88 Å². The van der Waals surface area contributed by atoms with Crippen molar-refractivity contribution in [1.29, 1.82) is 0 Å². The van der Waals surface area contributed by atoms with E-state index in [2.05, 4.69) is 41.9 Å². The van der Waals surface area contributed by atoms with Gasteiger partial charge in [0.1, 0.15) is 5.82 Å². The Labute approximate surface area is 165 Å². The van der Waals surface area contributed by atoms with Crippen LogP contribution in [0.4, 0.5) is 4.39 Å². The molecular formula is C24H27FN2O. The predicted molar refractivity (Wildman–Crippen MR) is 111 cm³/mol. The van der Waals surface area contributed by atoms with Crippen LogP contribution in [0.15, 0.2) is 48.5 Å². The molecule has 1 aromatic heterocycles. The summed E-state index contributed by atoms with van der Waals surface area (Å²) in [5, 5.41) is 1.08. The standard InChI is InChI=1S/C24H27FN2O/c1-16(2)27-10-8-18(9-11-27)19-6-7-22-20(14-19)15-23(26-22)24(28)13-17-4-3-5-21(25)12-17/h3-7,12,14-16,18,26H,8-11,13H2,1-2H3. The van der Waals surface area contributed by atoms with Crippen molar-refractivity contribution in [3.63, 3.8) is 0 Å². The van der Waals surface area contributed by atoms with E-state index >= 15 is 0 Å². The molecule has 1 fully saturated rings. The lowest BCUT2D eigenvalue weighted by Crippen LogP contribution is -2.37. The van der Waals surface area contributed by atoms with Crippen LogP contribution in [0.25, 0.3) is 10.9 Å². The van der Waals surface area contributed by atoms with Gasteiger partial charge in [-0.05, 0) is 87.2 Å². The van der Waals surface area contributed by atoms with Crippen LogP contribution >= 0.6 is 0 Å². The maximum atomic E-state index is 13.4. The Morgan fingerprint density at radius 2 is 1.93 bits per heavy atom. The van der Waals surface area contributed by atoms with E-state index in [1.165, 1.54) is 30.5 Å². The van der Waals surface area contributed by atoms with Gasteiger partial charge in [0, 0.05) is 23.4 Å². The number of likely N-dealkylation sites (tertiary alicyclic amines) is 1. The zero-order chi connectivity index (χ0) is 19.7. The average molecular weight is 378 g/mol. The SMILES string of the molecule is CC(C)N1CCC(c2ccc3[nH]c(C(=O)Cc4cccc(F)c4)cc3c2)CC1. The first-order chi connectivity index (χ1) is 13.5. The van der Waals surface area contributed by atoms with Gasteiger partial charge in [-0.1, -0.05) is 18.2 Å². The van der Waals surface area contributed by atoms with E-state index in [0.29, 0.717) is 23.2 Å². The van der Waals surface area contributed by atoms with Crippen LogP contribution in [0, 0.1) is 5.82 Å². The number of benzene rings is 2. The fraction of sp³-hybridized carbons (Fsp3) is 0.375. The first kappa shape index (κ1) is 18.9. The van der Waals surface area contributed by atoms with E-state index in [-0.39, 0.29) is 18.0 Å². The van der Waals surface area contributed by atoms with Gasteiger partial charge in [0.05, 0.1) is 5.69 Å². The molecule has 0 bridgehead atoms. The number of Topliss-reactive ketones (excluding diaryl/α,β-unsaturated/α-hetero) is 1. The Morgan fingerprint density at radius 3 is 2.64 bits per heavy atom. The summed E-state index contributed by atoms with van der Waals surface area (Å²) >= 11 is 0. The van der Waals surface area contributed by atoms with Crippen molar-refractivity contribution in [3.05, 3.63) is 71.2 Å². The molecule has 146 valence electrons. The molecule has 1 aliphatic heterocycles. The number of aromatic nitrogens is 1. The summed E-state index contributed by atoms with van der Waals surface area (Å²) < 4.78 is 13.4. The number of carbonyl (C=O) groups is 1. The number of halogens is 1. The van der Waals surface area contributed by atoms with Crippen molar-refractivity contribution < 1.29 is 9.18 Å². The molecule has 4 rings (SSSR count). The number of hydrogen-bond donors (Lipinski definition) is 1. The monoisotopic (exact) mass is 378 g/mol. The lowest BCUT2D eigenvalue weighted by Gasteiger charge is -2.34. The fourth-order valence-corrected chi connectivity index (χ4v) is 4.23. The number of nitrogens with zero attached hydrogens (tertiary/aromatic N) is 1. The molecule has 1 N–H and O–H groups in total. The van der Waals surface area contributed by atoms with Gasteiger partial charge in [-0.15, -0.1) is 0 Å². The summed E-state index contributed by atoms with van der Waals surface area (Å²) in [5.74, 6) is 0.254. The van der Waals surface area contributed by atoms with Gasteiger partial charge in [-0.25, -0.2) is 4.39 Å².